The van der Waals surface area contributed by atoms with E-state index in [1.54, 1.807) is 55.6 Å². The highest BCUT2D eigenvalue weighted by Crippen LogP contribution is 2.29. The van der Waals surface area contributed by atoms with E-state index in [9.17, 15) is 14.0 Å². The molecule has 2 amide bonds. The summed E-state index contributed by atoms with van der Waals surface area (Å²) in [5, 5.41) is 5.47. The molecule has 3 aromatic rings. The van der Waals surface area contributed by atoms with Crippen LogP contribution in [0.15, 0.2) is 71.6 Å². The van der Waals surface area contributed by atoms with Crippen LogP contribution in [0.4, 0.5) is 15.8 Å². The first kappa shape index (κ1) is 22.2. The number of rotatable bonds is 8. The van der Waals surface area contributed by atoms with E-state index in [4.69, 9.17) is 9.47 Å². The predicted octanol–water partition coefficient (Wildman–Crippen LogP) is 4.83. The molecule has 31 heavy (non-hydrogen) atoms. The standard InChI is InChI=1S/C23H21FN2O4S/c1-29-16-9-12-20(21(13-16)30-2)26-22(27)14-31-17-10-7-15(8-11-17)25-23(28)18-5-3-4-6-19(18)24/h3-13H,14H2,1-2H3,(H,25,28)(H,26,27). The van der Waals surface area contributed by atoms with Crippen LogP contribution < -0.4 is 20.1 Å². The van der Waals surface area contributed by atoms with Gasteiger partial charge in [-0.15, -0.1) is 11.8 Å². The van der Waals surface area contributed by atoms with E-state index >= 15 is 0 Å². The SMILES string of the molecule is COc1ccc(NC(=O)CSc2ccc(NC(=O)c3ccccc3F)cc2)c(OC)c1. The molecule has 0 radical (unpaired) electrons. The van der Waals surface area contributed by atoms with E-state index in [1.165, 1.54) is 37.1 Å². The average molecular weight is 440 g/mol. The van der Waals surface area contributed by atoms with E-state index in [-0.39, 0.29) is 17.2 Å². The van der Waals surface area contributed by atoms with Crippen molar-refractivity contribution in [3.05, 3.63) is 78.1 Å². The van der Waals surface area contributed by atoms with Crippen LogP contribution in [0.2, 0.25) is 0 Å². The summed E-state index contributed by atoms with van der Waals surface area (Å²) in [6.07, 6.45) is 0. The number of benzene rings is 3. The molecule has 0 aliphatic heterocycles. The van der Waals surface area contributed by atoms with Crippen molar-refractivity contribution in [3.8, 4) is 11.5 Å². The predicted molar refractivity (Wildman–Crippen MR) is 120 cm³/mol. The van der Waals surface area contributed by atoms with Gasteiger partial charge in [0.2, 0.25) is 5.91 Å². The summed E-state index contributed by atoms with van der Waals surface area (Å²) in [5.74, 6) is 0.0401. The molecule has 0 saturated heterocycles. The monoisotopic (exact) mass is 440 g/mol. The number of ether oxygens (including phenoxy) is 2. The van der Waals surface area contributed by atoms with Gasteiger partial charge in [-0.25, -0.2) is 4.39 Å². The quantitative estimate of drug-likeness (QED) is 0.491. The fourth-order valence-electron chi connectivity index (χ4n) is 2.72. The van der Waals surface area contributed by atoms with Crippen molar-refractivity contribution < 1.29 is 23.5 Å². The smallest absolute Gasteiger partial charge is 0.258 e. The Labute approximate surface area is 183 Å². The molecule has 0 bridgehead atoms. The van der Waals surface area contributed by atoms with E-state index < -0.39 is 11.7 Å². The number of carbonyl (C=O) groups excluding carboxylic acids is 2. The van der Waals surface area contributed by atoms with Crippen LogP contribution in [0.25, 0.3) is 0 Å². The van der Waals surface area contributed by atoms with E-state index in [0.717, 1.165) is 4.90 Å². The molecule has 0 aromatic heterocycles. The van der Waals surface area contributed by atoms with E-state index in [2.05, 4.69) is 10.6 Å². The molecule has 8 heteroatoms. The molecule has 160 valence electrons. The van der Waals surface area contributed by atoms with Gasteiger partial charge >= 0.3 is 0 Å². The van der Waals surface area contributed by atoms with Crippen LogP contribution in [0.3, 0.4) is 0 Å². The normalized spacial score (nSPS) is 10.3. The van der Waals surface area contributed by atoms with E-state index in [1.807, 2.05) is 0 Å². The van der Waals surface area contributed by atoms with Crippen molar-refractivity contribution >= 4 is 35.0 Å². The van der Waals surface area contributed by atoms with Gasteiger partial charge in [-0.05, 0) is 48.5 Å². The van der Waals surface area contributed by atoms with Gasteiger partial charge in [0.15, 0.2) is 0 Å². The molecule has 0 aliphatic carbocycles. The summed E-state index contributed by atoms with van der Waals surface area (Å²) < 4.78 is 24.1. The van der Waals surface area contributed by atoms with Crippen molar-refractivity contribution in [2.24, 2.45) is 0 Å². The van der Waals surface area contributed by atoms with Crippen molar-refractivity contribution in [2.45, 2.75) is 4.90 Å². The molecular formula is C23H21FN2O4S. The third-order valence-electron chi connectivity index (χ3n) is 4.28. The van der Waals surface area contributed by atoms with Crippen molar-refractivity contribution in [1.29, 1.82) is 0 Å². The Balaban J connectivity index is 1.54. The second kappa shape index (κ2) is 10.5. The molecule has 0 aliphatic rings. The topological polar surface area (TPSA) is 76.7 Å². The van der Waals surface area contributed by atoms with Gasteiger partial charge in [-0.2, -0.15) is 0 Å². The highest BCUT2D eigenvalue weighted by molar-refractivity contribution is 8.00. The maximum atomic E-state index is 13.7. The minimum Gasteiger partial charge on any atom is -0.497 e. The fraction of sp³-hybridized carbons (Fsp3) is 0.130. The lowest BCUT2D eigenvalue weighted by atomic mass is 10.2. The molecule has 6 nitrogen and oxygen atoms in total. The summed E-state index contributed by atoms with van der Waals surface area (Å²) >= 11 is 1.35. The van der Waals surface area contributed by atoms with Gasteiger partial charge < -0.3 is 20.1 Å². The molecule has 3 aromatic carbocycles. The summed E-state index contributed by atoms with van der Waals surface area (Å²) in [4.78, 5) is 25.3. The molecule has 0 fully saturated rings. The minimum atomic E-state index is -0.577. The zero-order valence-corrected chi connectivity index (χ0v) is 17.8. The Morgan fingerprint density at radius 2 is 1.68 bits per heavy atom. The Hall–Kier alpha value is -3.52. The number of methoxy groups -OCH3 is 2. The lowest BCUT2D eigenvalue weighted by Crippen LogP contribution is -2.14. The van der Waals surface area contributed by atoms with Crippen molar-refractivity contribution in [1.82, 2.24) is 0 Å². The number of carbonyl (C=O) groups is 2. The Kier molecular flexibility index (Phi) is 7.50. The summed E-state index contributed by atoms with van der Waals surface area (Å²) in [7, 11) is 3.08. The minimum absolute atomic E-state index is 0.0217. The third kappa shape index (κ3) is 5.99. The molecule has 2 N–H and O–H groups in total. The van der Waals surface area contributed by atoms with Crippen LogP contribution in [0.1, 0.15) is 10.4 Å². The Morgan fingerprint density at radius 3 is 2.35 bits per heavy atom. The van der Waals surface area contributed by atoms with Crippen LogP contribution in [-0.4, -0.2) is 31.8 Å². The molecule has 0 atom stereocenters. The fourth-order valence-corrected chi connectivity index (χ4v) is 3.41. The average Bonchev–Trinajstić information content (AvgIpc) is 2.79. The van der Waals surface area contributed by atoms with Crippen LogP contribution in [0.5, 0.6) is 11.5 Å². The second-order valence-electron chi connectivity index (χ2n) is 6.36. The summed E-state index contributed by atoms with van der Waals surface area (Å²) in [5.41, 5.74) is 1.07. The van der Waals surface area contributed by atoms with Gasteiger partial charge in [-0.3, -0.25) is 9.59 Å². The Morgan fingerprint density at radius 1 is 0.935 bits per heavy atom. The molecule has 0 heterocycles. The third-order valence-corrected chi connectivity index (χ3v) is 5.30. The number of hydrogen-bond donors (Lipinski definition) is 2. The first-order valence-corrected chi connectivity index (χ1v) is 10.3. The number of thioether (sulfide) groups is 1. The lowest BCUT2D eigenvalue weighted by molar-refractivity contribution is -0.113. The zero-order chi connectivity index (χ0) is 22.2. The van der Waals surface area contributed by atoms with Crippen LogP contribution in [-0.2, 0) is 4.79 Å². The van der Waals surface area contributed by atoms with Gasteiger partial charge in [0.25, 0.3) is 5.91 Å². The van der Waals surface area contributed by atoms with Crippen LogP contribution in [0, 0.1) is 5.82 Å². The lowest BCUT2D eigenvalue weighted by Gasteiger charge is -2.11. The maximum absolute atomic E-state index is 13.7. The van der Waals surface area contributed by atoms with Gasteiger partial charge in [0.05, 0.1) is 31.2 Å². The van der Waals surface area contributed by atoms with Gasteiger partial charge in [0.1, 0.15) is 17.3 Å². The zero-order valence-electron chi connectivity index (χ0n) is 17.0. The van der Waals surface area contributed by atoms with Crippen LogP contribution >= 0.6 is 11.8 Å². The first-order valence-electron chi connectivity index (χ1n) is 9.31. The number of hydrogen-bond acceptors (Lipinski definition) is 5. The highest BCUT2D eigenvalue weighted by atomic mass is 32.2. The second-order valence-corrected chi connectivity index (χ2v) is 7.41. The van der Waals surface area contributed by atoms with Crippen molar-refractivity contribution in [3.63, 3.8) is 0 Å². The first-order chi connectivity index (χ1) is 15.0. The van der Waals surface area contributed by atoms with E-state index in [0.29, 0.717) is 22.9 Å². The summed E-state index contributed by atoms with van der Waals surface area (Å²) in [6.45, 7) is 0. The number of nitrogens with one attached hydrogen (secondary N) is 2. The van der Waals surface area contributed by atoms with Gasteiger partial charge in [0, 0.05) is 16.6 Å². The maximum Gasteiger partial charge on any atom is 0.258 e. The number of anilines is 2. The largest absolute Gasteiger partial charge is 0.497 e. The molecular weight excluding hydrogens is 419 g/mol. The summed E-state index contributed by atoms with van der Waals surface area (Å²) in [6, 6.07) is 17.9. The Bertz CT molecular complexity index is 1070. The molecule has 0 saturated carbocycles. The number of halogens is 1. The number of amides is 2. The molecule has 0 spiro atoms. The highest BCUT2D eigenvalue weighted by Gasteiger charge is 2.12. The van der Waals surface area contributed by atoms with Gasteiger partial charge in [-0.1, -0.05) is 12.1 Å². The van der Waals surface area contributed by atoms with Crippen molar-refractivity contribution in [2.75, 3.05) is 30.6 Å². The molecule has 3 rings (SSSR count). The molecule has 0 unspecified atom stereocenters.